The van der Waals surface area contributed by atoms with Crippen LogP contribution < -0.4 is 5.56 Å². The van der Waals surface area contributed by atoms with Crippen LogP contribution in [0, 0.1) is 0 Å². The molecule has 206 valence electrons. The van der Waals surface area contributed by atoms with Crippen LogP contribution >= 0.6 is 11.6 Å². The third-order valence-corrected chi connectivity index (χ3v) is 6.87. The maximum absolute atomic E-state index is 13.0. The predicted molar refractivity (Wildman–Crippen MR) is 159 cm³/mol. The minimum Gasteiger partial charge on any atom is -0.507 e. The van der Waals surface area contributed by atoms with Crippen LogP contribution in [0.3, 0.4) is 0 Å². The number of benzene rings is 4. The molecule has 0 saturated carbocycles. The first-order chi connectivity index (χ1) is 19.7. The third-order valence-electron chi connectivity index (χ3n) is 6.56. The maximum Gasteiger partial charge on any atom is 0.313 e. The molecule has 0 saturated heterocycles. The highest BCUT2D eigenvalue weighted by Crippen LogP contribution is 2.35. The number of carbonyl (C=O) groups excluding carboxylic acids is 2. The van der Waals surface area contributed by atoms with E-state index >= 15 is 0 Å². The van der Waals surface area contributed by atoms with Gasteiger partial charge in [-0.25, -0.2) is 0 Å². The first-order valence-corrected chi connectivity index (χ1v) is 13.3. The highest BCUT2D eigenvalue weighted by molar-refractivity contribution is 6.34. The number of aromatic amines is 1. The van der Waals surface area contributed by atoms with Crippen LogP contribution in [-0.4, -0.2) is 28.3 Å². The van der Waals surface area contributed by atoms with Gasteiger partial charge in [0.1, 0.15) is 5.75 Å². The summed E-state index contributed by atoms with van der Waals surface area (Å²) >= 11 is 6.63. The topological polar surface area (TPSA) is 106 Å². The number of fused-ring (bicyclic) bond motifs is 1. The van der Waals surface area contributed by atoms with Gasteiger partial charge >= 0.3 is 11.9 Å². The number of esters is 2. The van der Waals surface area contributed by atoms with Crippen molar-refractivity contribution in [3.8, 4) is 39.1 Å². The number of aromatic hydroxyl groups is 1. The fraction of sp³-hybridized carbons (Fsp3) is 0.121. The highest BCUT2D eigenvalue weighted by Gasteiger charge is 2.15. The minimum absolute atomic E-state index is 0.0541. The zero-order valence-electron chi connectivity index (χ0n) is 22.3. The van der Waals surface area contributed by atoms with E-state index in [0.717, 1.165) is 27.6 Å². The Kier molecular flexibility index (Phi) is 7.90. The molecule has 7 nitrogen and oxygen atoms in total. The summed E-state index contributed by atoms with van der Waals surface area (Å²) in [4.78, 5) is 39.3. The van der Waals surface area contributed by atoms with E-state index < -0.39 is 18.2 Å². The zero-order valence-corrected chi connectivity index (χ0v) is 23.1. The lowest BCUT2D eigenvalue weighted by Gasteiger charge is -2.13. The van der Waals surface area contributed by atoms with E-state index in [1.54, 1.807) is 48.5 Å². The normalized spacial score (nSPS) is 11.7. The number of phenolic OH excluding ortho intramolecular Hbond substituents is 1. The number of aromatic nitrogens is 1. The molecule has 0 radical (unpaired) electrons. The highest BCUT2D eigenvalue weighted by atomic mass is 35.5. The number of hydrogen-bond acceptors (Lipinski definition) is 6. The Morgan fingerprint density at radius 3 is 2.22 bits per heavy atom. The summed E-state index contributed by atoms with van der Waals surface area (Å²) in [6, 6.07) is 27.4. The Labute approximate surface area is 241 Å². The average molecular weight is 568 g/mol. The molecule has 1 heterocycles. The van der Waals surface area contributed by atoms with E-state index in [4.69, 9.17) is 21.1 Å². The van der Waals surface area contributed by atoms with Crippen LogP contribution in [0.2, 0.25) is 5.02 Å². The molecule has 5 aromatic rings. The lowest BCUT2D eigenvalue weighted by Crippen LogP contribution is -2.21. The van der Waals surface area contributed by atoms with E-state index in [0.29, 0.717) is 27.2 Å². The number of halogens is 1. The van der Waals surface area contributed by atoms with Crippen molar-refractivity contribution in [2.45, 2.75) is 26.6 Å². The molecule has 0 fully saturated rings. The van der Waals surface area contributed by atoms with Crippen molar-refractivity contribution in [3.05, 3.63) is 112 Å². The van der Waals surface area contributed by atoms with Gasteiger partial charge in [-0.15, -0.1) is 0 Å². The monoisotopic (exact) mass is 567 g/mol. The van der Waals surface area contributed by atoms with Crippen LogP contribution in [-0.2, 0) is 25.5 Å². The van der Waals surface area contributed by atoms with Crippen molar-refractivity contribution < 1.29 is 24.2 Å². The summed E-state index contributed by atoms with van der Waals surface area (Å²) in [5.41, 5.74) is 5.29. The van der Waals surface area contributed by atoms with Crippen LogP contribution in [0.4, 0.5) is 0 Å². The molecule has 41 heavy (non-hydrogen) atoms. The summed E-state index contributed by atoms with van der Waals surface area (Å²) in [6.45, 7) is 2.70. The van der Waals surface area contributed by atoms with Crippen molar-refractivity contribution in [2.24, 2.45) is 0 Å². The number of rotatable bonds is 7. The van der Waals surface area contributed by atoms with Gasteiger partial charge in [0.25, 0.3) is 5.56 Å². The smallest absolute Gasteiger partial charge is 0.313 e. The number of H-pyrrole nitrogens is 1. The summed E-state index contributed by atoms with van der Waals surface area (Å²) in [5, 5.41) is 11.5. The Hall–Kier alpha value is -4.88. The quantitative estimate of drug-likeness (QED) is 0.164. The number of para-hydroxylation sites is 1. The number of carbonyl (C=O) groups is 2. The van der Waals surface area contributed by atoms with Crippen LogP contribution in [0.15, 0.2) is 95.8 Å². The Bertz CT molecular complexity index is 1830. The molecule has 5 rings (SSSR count). The Morgan fingerprint density at radius 2 is 1.51 bits per heavy atom. The molecule has 2 N–H and O–H groups in total. The lowest BCUT2D eigenvalue weighted by molar-refractivity contribution is -0.182. The van der Waals surface area contributed by atoms with Gasteiger partial charge in [-0.3, -0.25) is 14.4 Å². The number of pyridine rings is 1. The molecule has 0 amide bonds. The van der Waals surface area contributed by atoms with Gasteiger partial charge in [0, 0.05) is 36.1 Å². The second-order valence-electron chi connectivity index (χ2n) is 9.57. The van der Waals surface area contributed by atoms with Gasteiger partial charge < -0.3 is 19.6 Å². The molecule has 1 atom stereocenters. The van der Waals surface area contributed by atoms with Gasteiger partial charge in [-0.2, -0.15) is 0 Å². The van der Waals surface area contributed by atoms with E-state index in [-0.39, 0.29) is 17.7 Å². The van der Waals surface area contributed by atoms with Gasteiger partial charge in [0.2, 0.25) is 6.29 Å². The molecule has 0 spiro atoms. The molecule has 0 aliphatic carbocycles. The van der Waals surface area contributed by atoms with Crippen LogP contribution in [0.5, 0.6) is 5.75 Å². The molecule has 0 bridgehead atoms. The first kappa shape index (κ1) is 27.7. The molecule has 1 unspecified atom stereocenters. The van der Waals surface area contributed by atoms with E-state index in [2.05, 4.69) is 4.98 Å². The summed E-state index contributed by atoms with van der Waals surface area (Å²) in [6.07, 6.45) is -1.05. The van der Waals surface area contributed by atoms with Crippen molar-refractivity contribution >= 4 is 34.4 Å². The molecule has 8 heteroatoms. The van der Waals surface area contributed by atoms with Gasteiger partial charge in [-0.1, -0.05) is 78.3 Å². The SMILES string of the molecule is CC(=O)OC(C)OC(=O)Cc1cccc(-c2cc3cc(-c4ccc(-c5ccccc5O)cc4)c(Cl)cc3[nH]c2=O)c1. The predicted octanol–water partition coefficient (Wildman–Crippen LogP) is 6.88. The van der Waals surface area contributed by atoms with Crippen molar-refractivity contribution in [3.63, 3.8) is 0 Å². The largest absolute Gasteiger partial charge is 0.507 e. The summed E-state index contributed by atoms with van der Waals surface area (Å²) < 4.78 is 9.96. The van der Waals surface area contributed by atoms with Crippen molar-refractivity contribution in [1.82, 2.24) is 4.98 Å². The zero-order chi connectivity index (χ0) is 29.1. The fourth-order valence-corrected chi connectivity index (χ4v) is 4.98. The lowest BCUT2D eigenvalue weighted by atomic mass is 9.97. The summed E-state index contributed by atoms with van der Waals surface area (Å²) in [5.74, 6) is -0.897. The Morgan fingerprint density at radius 1 is 0.829 bits per heavy atom. The van der Waals surface area contributed by atoms with Gasteiger partial charge in [-0.05, 0) is 51.9 Å². The Balaban J connectivity index is 1.44. The second kappa shape index (κ2) is 11.7. The third kappa shape index (κ3) is 6.31. The van der Waals surface area contributed by atoms with Crippen molar-refractivity contribution in [1.29, 1.82) is 0 Å². The molecular formula is C33H26ClNO6. The number of nitrogens with one attached hydrogen (secondary N) is 1. The number of ether oxygens (including phenoxy) is 2. The molecular weight excluding hydrogens is 542 g/mol. The maximum atomic E-state index is 13.0. The van der Waals surface area contributed by atoms with E-state index in [1.165, 1.54) is 13.8 Å². The van der Waals surface area contributed by atoms with E-state index in [9.17, 15) is 19.5 Å². The number of hydrogen-bond donors (Lipinski definition) is 2. The molecule has 4 aromatic carbocycles. The molecule has 1 aromatic heterocycles. The number of phenols is 1. The fourth-order valence-electron chi connectivity index (χ4n) is 4.71. The van der Waals surface area contributed by atoms with Crippen LogP contribution in [0.25, 0.3) is 44.3 Å². The average Bonchev–Trinajstić information content (AvgIpc) is 2.92. The standard InChI is InChI=1S/C33H26ClNO6/c1-19(36)40-20(2)41-32(38)15-21-6-5-7-24(14-21)28-17-25-16-27(29(34)18-30(25)35-33(28)39)23-12-10-22(11-13-23)26-8-3-4-9-31(26)37/h3-14,16-18,20,37H,15H2,1-2H3,(H,35,39). The van der Waals surface area contributed by atoms with Crippen LogP contribution in [0.1, 0.15) is 19.4 Å². The first-order valence-electron chi connectivity index (χ1n) is 12.9. The van der Waals surface area contributed by atoms with Crippen molar-refractivity contribution in [2.75, 3.05) is 0 Å². The minimum atomic E-state index is -0.991. The van der Waals surface area contributed by atoms with Gasteiger partial charge in [0.05, 0.1) is 11.4 Å². The van der Waals surface area contributed by atoms with E-state index in [1.807, 2.05) is 42.5 Å². The summed E-state index contributed by atoms with van der Waals surface area (Å²) in [7, 11) is 0. The second-order valence-corrected chi connectivity index (χ2v) is 9.98. The van der Waals surface area contributed by atoms with Gasteiger partial charge in [0.15, 0.2) is 0 Å². The molecule has 0 aliphatic heterocycles. The molecule has 0 aliphatic rings.